The molecule has 0 aliphatic heterocycles. The Balaban J connectivity index is 4.40. The van der Waals surface area contributed by atoms with Crippen LogP contribution in [0.4, 0.5) is 0 Å². The number of aliphatic carboxylic acids is 2. The summed E-state index contributed by atoms with van der Waals surface area (Å²) in [4.78, 5) is 61.1. The minimum Gasteiger partial charge on any atom is -0.481 e. The standard InChI is InChI=1S/C16H29N7O7/c1-8(22-14(28)9(17)4-5-12(25)26)13(27)21-7-11(24)23-10(15(29)30)3-2-6-20-16(18)19/h8-10H,2-7,17H2,1H3,(H,21,27)(H,22,28)(H,23,24)(H,25,26)(H,29,30)(H4,18,19,20). The molecule has 0 radical (unpaired) electrons. The van der Waals surface area contributed by atoms with Crippen molar-refractivity contribution in [1.29, 1.82) is 0 Å². The first-order valence-corrected chi connectivity index (χ1v) is 9.07. The lowest BCUT2D eigenvalue weighted by Gasteiger charge is -2.18. The average molecular weight is 431 g/mol. The number of aliphatic imine (C=N–C) groups is 1. The second-order valence-corrected chi connectivity index (χ2v) is 6.39. The highest BCUT2D eigenvalue weighted by molar-refractivity contribution is 5.92. The minimum atomic E-state index is -1.25. The number of amides is 3. The molecule has 11 N–H and O–H groups in total. The van der Waals surface area contributed by atoms with Gasteiger partial charge >= 0.3 is 11.9 Å². The number of carboxylic acid groups (broad SMARTS) is 2. The van der Waals surface area contributed by atoms with Gasteiger partial charge in [0.05, 0.1) is 12.6 Å². The van der Waals surface area contributed by atoms with Crippen molar-refractivity contribution in [3.05, 3.63) is 0 Å². The Morgan fingerprint density at radius 3 is 2.17 bits per heavy atom. The van der Waals surface area contributed by atoms with Gasteiger partial charge in [-0.3, -0.25) is 24.2 Å². The second kappa shape index (κ2) is 13.7. The topological polar surface area (TPSA) is 252 Å². The van der Waals surface area contributed by atoms with Crippen LogP contribution in [-0.2, 0) is 24.0 Å². The van der Waals surface area contributed by atoms with Crippen molar-refractivity contribution in [2.24, 2.45) is 22.2 Å². The SMILES string of the molecule is CC(NC(=O)C(N)CCC(=O)O)C(=O)NCC(=O)NC(CCCN=C(N)N)C(=O)O. The Morgan fingerprint density at radius 1 is 1.00 bits per heavy atom. The molecule has 0 fully saturated rings. The van der Waals surface area contributed by atoms with Gasteiger partial charge in [-0.15, -0.1) is 0 Å². The first-order valence-electron chi connectivity index (χ1n) is 9.07. The summed E-state index contributed by atoms with van der Waals surface area (Å²) in [7, 11) is 0. The van der Waals surface area contributed by atoms with Gasteiger partial charge in [0.25, 0.3) is 0 Å². The van der Waals surface area contributed by atoms with E-state index in [1.54, 1.807) is 0 Å². The molecule has 14 nitrogen and oxygen atoms in total. The number of nitrogens with zero attached hydrogens (tertiary/aromatic N) is 1. The van der Waals surface area contributed by atoms with Gasteiger partial charge in [-0.25, -0.2) is 4.79 Å². The van der Waals surface area contributed by atoms with E-state index in [1.165, 1.54) is 6.92 Å². The van der Waals surface area contributed by atoms with Gasteiger partial charge in [-0.05, 0) is 26.2 Å². The average Bonchev–Trinajstić information content (AvgIpc) is 2.65. The van der Waals surface area contributed by atoms with Gasteiger partial charge in [0.15, 0.2) is 5.96 Å². The van der Waals surface area contributed by atoms with Crippen LogP contribution >= 0.6 is 0 Å². The van der Waals surface area contributed by atoms with Crippen molar-refractivity contribution in [3.8, 4) is 0 Å². The predicted octanol–water partition coefficient (Wildman–Crippen LogP) is -3.58. The second-order valence-electron chi connectivity index (χ2n) is 6.39. The molecule has 3 atom stereocenters. The zero-order chi connectivity index (χ0) is 23.3. The number of nitrogens with two attached hydrogens (primary N) is 3. The highest BCUT2D eigenvalue weighted by atomic mass is 16.4. The van der Waals surface area contributed by atoms with Crippen molar-refractivity contribution in [2.75, 3.05) is 13.1 Å². The zero-order valence-electron chi connectivity index (χ0n) is 16.6. The quantitative estimate of drug-likeness (QED) is 0.0762. The summed E-state index contributed by atoms with van der Waals surface area (Å²) in [6, 6.07) is -3.33. The number of hydrogen-bond acceptors (Lipinski definition) is 7. The van der Waals surface area contributed by atoms with Crippen LogP contribution in [0.25, 0.3) is 0 Å². The number of guanidine groups is 1. The molecular weight excluding hydrogens is 402 g/mol. The number of carbonyl (C=O) groups excluding carboxylic acids is 3. The first kappa shape index (κ1) is 26.6. The third-order valence-corrected chi connectivity index (χ3v) is 3.76. The molecule has 0 aliphatic carbocycles. The zero-order valence-corrected chi connectivity index (χ0v) is 16.6. The van der Waals surface area contributed by atoms with Gasteiger partial charge in [-0.1, -0.05) is 0 Å². The maximum atomic E-state index is 12.0. The van der Waals surface area contributed by atoms with Gasteiger partial charge in [0.2, 0.25) is 17.7 Å². The van der Waals surface area contributed by atoms with Crippen LogP contribution in [0, 0.1) is 0 Å². The van der Waals surface area contributed by atoms with E-state index in [-0.39, 0.29) is 31.8 Å². The van der Waals surface area contributed by atoms with Crippen molar-refractivity contribution in [1.82, 2.24) is 16.0 Å². The third-order valence-electron chi connectivity index (χ3n) is 3.76. The van der Waals surface area contributed by atoms with E-state index in [0.29, 0.717) is 6.42 Å². The van der Waals surface area contributed by atoms with Crippen LogP contribution in [-0.4, -0.2) is 77.0 Å². The molecule has 0 rings (SSSR count). The fraction of sp³-hybridized carbons (Fsp3) is 0.625. The fourth-order valence-corrected chi connectivity index (χ4v) is 2.12. The smallest absolute Gasteiger partial charge is 0.326 e. The molecule has 0 heterocycles. The number of rotatable bonds is 14. The van der Waals surface area contributed by atoms with E-state index in [4.69, 9.17) is 27.4 Å². The number of hydrogen-bond donors (Lipinski definition) is 8. The molecule has 3 unspecified atom stereocenters. The Labute approximate surface area is 172 Å². The largest absolute Gasteiger partial charge is 0.481 e. The summed E-state index contributed by atoms with van der Waals surface area (Å²) in [5.74, 6) is -4.65. The molecule has 0 aromatic rings. The molecular formula is C16H29N7O7. The molecule has 0 spiro atoms. The summed E-state index contributed by atoms with van der Waals surface area (Å²) in [6.07, 6.45) is -0.0110. The Bertz CT molecular complexity index is 664. The van der Waals surface area contributed by atoms with E-state index in [2.05, 4.69) is 20.9 Å². The third kappa shape index (κ3) is 12.1. The molecule has 0 aromatic carbocycles. The summed E-state index contributed by atoms with van der Waals surface area (Å²) >= 11 is 0. The van der Waals surface area contributed by atoms with Crippen LogP contribution in [0.2, 0.25) is 0 Å². The Morgan fingerprint density at radius 2 is 1.63 bits per heavy atom. The lowest BCUT2D eigenvalue weighted by molar-refractivity contribution is -0.142. The highest BCUT2D eigenvalue weighted by Gasteiger charge is 2.22. The molecule has 30 heavy (non-hydrogen) atoms. The molecule has 170 valence electrons. The number of nitrogens with one attached hydrogen (secondary N) is 3. The molecule has 0 bridgehead atoms. The Hall–Kier alpha value is -3.42. The molecule has 0 saturated carbocycles. The van der Waals surface area contributed by atoms with E-state index < -0.39 is 54.3 Å². The maximum Gasteiger partial charge on any atom is 0.326 e. The van der Waals surface area contributed by atoms with Gasteiger partial charge in [-0.2, -0.15) is 0 Å². The van der Waals surface area contributed by atoms with Crippen LogP contribution < -0.4 is 33.2 Å². The van der Waals surface area contributed by atoms with Crippen molar-refractivity contribution < 1.29 is 34.2 Å². The maximum absolute atomic E-state index is 12.0. The van der Waals surface area contributed by atoms with Crippen LogP contribution in [0.5, 0.6) is 0 Å². The van der Waals surface area contributed by atoms with E-state index in [0.717, 1.165) is 0 Å². The van der Waals surface area contributed by atoms with E-state index in [9.17, 15) is 24.0 Å². The summed E-state index contributed by atoms with van der Waals surface area (Å²) < 4.78 is 0. The van der Waals surface area contributed by atoms with Crippen molar-refractivity contribution in [2.45, 2.75) is 50.7 Å². The highest BCUT2D eigenvalue weighted by Crippen LogP contribution is 1.99. The molecule has 0 saturated heterocycles. The lowest BCUT2D eigenvalue weighted by atomic mass is 10.1. The molecule has 0 aromatic heterocycles. The van der Waals surface area contributed by atoms with Gasteiger partial charge in [0.1, 0.15) is 12.1 Å². The van der Waals surface area contributed by atoms with Crippen LogP contribution in [0.15, 0.2) is 4.99 Å². The van der Waals surface area contributed by atoms with Gasteiger partial charge in [0, 0.05) is 13.0 Å². The summed E-state index contributed by atoms with van der Waals surface area (Å²) in [5.41, 5.74) is 15.9. The van der Waals surface area contributed by atoms with E-state index >= 15 is 0 Å². The number of carboxylic acids is 2. The van der Waals surface area contributed by atoms with Crippen molar-refractivity contribution >= 4 is 35.6 Å². The monoisotopic (exact) mass is 431 g/mol. The van der Waals surface area contributed by atoms with Crippen molar-refractivity contribution in [3.63, 3.8) is 0 Å². The minimum absolute atomic E-state index is 0.0759. The molecule has 3 amide bonds. The van der Waals surface area contributed by atoms with Gasteiger partial charge < -0.3 is 43.4 Å². The fourth-order valence-electron chi connectivity index (χ4n) is 2.12. The normalized spacial score (nSPS) is 13.3. The molecule has 0 aliphatic rings. The summed E-state index contributed by atoms with van der Waals surface area (Å²) in [5, 5.41) is 24.5. The Kier molecular flexibility index (Phi) is 12.1. The van der Waals surface area contributed by atoms with Crippen LogP contribution in [0.1, 0.15) is 32.6 Å². The first-order chi connectivity index (χ1) is 13.9. The number of carbonyl (C=O) groups is 5. The molecule has 14 heteroatoms. The summed E-state index contributed by atoms with van der Waals surface area (Å²) in [6.45, 7) is 1.03. The van der Waals surface area contributed by atoms with E-state index in [1.807, 2.05) is 0 Å². The lowest BCUT2D eigenvalue weighted by Crippen LogP contribution is -2.52. The predicted molar refractivity (Wildman–Crippen MR) is 105 cm³/mol. The van der Waals surface area contributed by atoms with Crippen LogP contribution in [0.3, 0.4) is 0 Å².